The van der Waals surface area contributed by atoms with E-state index in [1.54, 1.807) is 7.11 Å². The van der Waals surface area contributed by atoms with E-state index in [0.717, 1.165) is 37.7 Å². The molecule has 1 saturated heterocycles. The Morgan fingerprint density at radius 2 is 1.42 bits per heavy atom. The first-order chi connectivity index (χ1) is 18.1. The number of hydrogen-bond acceptors (Lipinski definition) is 10. The first-order valence-corrected chi connectivity index (χ1v) is 13.0. The second-order valence-corrected chi connectivity index (χ2v) is 9.95. The maximum absolute atomic E-state index is 12.1. The molecule has 3 rings (SSSR count). The Labute approximate surface area is 223 Å². The van der Waals surface area contributed by atoms with E-state index < -0.39 is 54.4 Å². The first kappa shape index (κ1) is 29.6. The van der Waals surface area contributed by atoms with Crippen molar-refractivity contribution in [2.75, 3.05) is 13.7 Å². The zero-order chi connectivity index (χ0) is 27.8. The number of benzene rings is 1. The first-order valence-electron chi connectivity index (χ1n) is 13.0. The Balaban J connectivity index is 1.94. The number of rotatable bonds is 9. The van der Waals surface area contributed by atoms with E-state index in [2.05, 4.69) is 0 Å². The monoisotopic (exact) mass is 534 g/mol. The number of ether oxygens (including phenoxy) is 6. The van der Waals surface area contributed by atoms with Crippen molar-refractivity contribution in [3.05, 3.63) is 35.4 Å². The molecular weight excluding hydrogens is 496 g/mol. The van der Waals surface area contributed by atoms with Crippen LogP contribution in [-0.4, -0.2) is 68.1 Å². The van der Waals surface area contributed by atoms with E-state index in [1.165, 1.54) is 27.7 Å². The van der Waals surface area contributed by atoms with Gasteiger partial charge in [-0.1, -0.05) is 24.3 Å². The van der Waals surface area contributed by atoms with Crippen LogP contribution in [-0.2, 0) is 54.0 Å². The molecule has 1 aliphatic carbocycles. The van der Waals surface area contributed by atoms with Gasteiger partial charge in [-0.05, 0) is 49.1 Å². The van der Waals surface area contributed by atoms with Crippen molar-refractivity contribution in [3.63, 3.8) is 0 Å². The van der Waals surface area contributed by atoms with Gasteiger partial charge < -0.3 is 28.4 Å². The summed E-state index contributed by atoms with van der Waals surface area (Å²) in [6, 6.07) is 7.77. The van der Waals surface area contributed by atoms with Gasteiger partial charge in [-0.15, -0.1) is 0 Å². The van der Waals surface area contributed by atoms with Crippen LogP contribution in [0.3, 0.4) is 0 Å². The lowest BCUT2D eigenvalue weighted by molar-refractivity contribution is -0.254. The third-order valence-corrected chi connectivity index (χ3v) is 6.92. The Kier molecular flexibility index (Phi) is 10.7. The quantitative estimate of drug-likeness (QED) is 0.344. The smallest absolute Gasteiger partial charge is 0.303 e. The van der Waals surface area contributed by atoms with Crippen LogP contribution < -0.4 is 0 Å². The van der Waals surface area contributed by atoms with Crippen molar-refractivity contribution >= 4 is 23.9 Å². The number of hydrogen-bond donors (Lipinski definition) is 0. The maximum atomic E-state index is 12.1. The zero-order valence-corrected chi connectivity index (χ0v) is 22.7. The van der Waals surface area contributed by atoms with Crippen molar-refractivity contribution in [2.45, 2.75) is 96.4 Å². The molecule has 5 atom stereocenters. The second kappa shape index (κ2) is 13.7. The molecule has 0 bridgehead atoms. The minimum Gasteiger partial charge on any atom is -0.463 e. The molecule has 2 fully saturated rings. The van der Waals surface area contributed by atoms with E-state index in [1.807, 2.05) is 24.3 Å². The zero-order valence-electron chi connectivity index (χ0n) is 22.7. The highest BCUT2D eigenvalue weighted by molar-refractivity contribution is 5.68. The predicted octanol–water partition coefficient (Wildman–Crippen LogP) is 3.23. The highest BCUT2D eigenvalue weighted by Gasteiger charge is 2.52. The summed E-state index contributed by atoms with van der Waals surface area (Å²) in [6.45, 7) is 4.64. The molecule has 0 spiro atoms. The lowest BCUT2D eigenvalue weighted by atomic mass is 9.82. The van der Waals surface area contributed by atoms with E-state index in [0.29, 0.717) is 17.6 Å². The fraction of sp³-hybridized carbons (Fsp3) is 0.643. The number of esters is 4. The van der Waals surface area contributed by atoms with Gasteiger partial charge in [0.2, 0.25) is 0 Å². The third-order valence-electron chi connectivity index (χ3n) is 6.92. The van der Waals surface area contributed by atoms with Gasteiger partial charge in [-0.3, -0.25) is 19.2 Å². The van der Waals surface area contributed by atoms with Crippen LogP contribution in [0.1, 0.15) is 70.6 Å². The summed E-state index contributed by atoms with van der Waals surface area (Å²) < 4.78 is 33.6. The Morgan fingerprint density at radius 3 is 2.00 bits per heavy atom. The van der Waals surface area contributed by atoms with Crippen LogP contribution in [0.2, 0.25) is 0 Å². The summed E-state index contributed by atoms with van der Waals surface area (Å²) in [6.07, 6.45) is 0.0667. The minimum absolute atomic E-state index is 0.253. The Bertz CT molecular complexity index is 984. The minimum atomic E-state index is -1.19. The second-order valence-electron chi connectivity index (χ2n) is 9.95. The Morgan fingerprint density at radius 1 is 0.816 bits per heavy atom. The summed E-state index contributed by atoms with van der Waals surface area (Å²) in [5.41, 5.74) is 1.79. The molecule has 210 valence electrons. The normalized spacial score (nSPS) is 29.1. The molecule has 0 N–H and O–H groups in total. The molecular formula is C28H38O10. The molecule has 0 radical (unpaired) electrons. The van der Waals surface area contributed by atoms with Gasteiger partial charge in [0.05, 0.1) is 6.10 Å². The van der Waals surface area contributed by atoms with Gasteiger partial charge in [0.15, 0.2) is 18.3 Å². The standard InChI is InChI=1S/C28H38O10/c1-16(29)34-15-24-26(35-17(2)30)28(37-19(4)32)27(36-18(3)31)25(38-24)22-8-6-7-21(14-22)13-20-9-11-23(33-5)12-10-20/h6-8,14,20,23-28H,9-13,15H2,1-5H3/t20?,23?,24-,25+,26-,27+,28+/m1/s1. The van der Waals surface area contributed by atoms with Crippen molar-refractivity contribution < 1.29 is 47.6 Å². The van der Waals surface area contributed by atoms with Crippen LogP contribution in [0.5, 0.6) is 0 Å². The fourth-order valence-corrected chi connectivity index (χ4v) is 5.30. The molecule has 38 heavy (non-hydrogen) atoms. The number of carbonyl (C=O) groups is 4. The molecule has 10 nitrogen and oxygen atoms in total. The third kappa shape index (κ3) is 8.26. The summed E-state index contributed by atoms with van der Waals surface area (Å²) in [5, 5.41) is 0. The lowest BCUT2D eigenvalue weighted by Crippen LogP contribution is -2.59. The van der Waals surface area contributed by atoms with E-state index in [4.69, 9.17) is 28.4 Å². The average Bonchev–Trinajstić information content (AvgIpc) is 2.85. The summed E-state index contributed by atoms with van der Waals surface area (Å²) in [5.74, 6) is -1.97. The van der Waals surface area contributed by atoms with Crippen molar-refractivity contribution in [2.24, 2.45) is 5.92 Å². The van der Waals surface area contributed by atoms with Crippen molar-refractivity contribution in [3.8, 4) is 0 Å². The highest BCUT2D eigenvalue weighted by Crippen LogP contribution is 2.38. The largest absolute Gasteiger partial charge is 0.463 e. The number of carbonyl (C=O) groups excluding carboxylic acids is 4. The van der Waals surface area contributed by atoms with Crippen LogP contribution in [0.25, 0.3) is 0 Å². The lowest BCUT2D eigenvalue weighted by Gasteiger charge is -2.44. The average molecular weight is 535 g/mol. The van der Waals surface area contributed by atoms with Gasteiger partial charge in [0.25, 0.3) is 0 Å². The van der Waals surface area contributed by atoms with Crippen LogP contribution in [0, 0.1) is 5.92 Å². The fourth-order valence-electron chi connectivity index (χ4n) is 5.30. The Hall–Kier alpha value is -2.98. The van der Waals surface area contributed by atoms with Gasteiger partial charge in [-0.2, -0.15) is 0 Å². The summed E-state index contributed by atoms with van der Waals surface area (Å²) in [7, 11) is 1.75. The van der Waals surface area contributed by atoms with E-state index >= 15 is 0 Å². The molecule has 1 aromatic carbocycles. The van der Waals surface area contributed by atoms with Crippen LogP contribution >= 0.6 is 0 Å². The van der Waals surface area contributed by atoms with E-state index in [9.17, 15) is 19.2 Å². The van der Waals surface area contributed by atoms with Crippen LogP contribution in [0.4, 0.5) is 0 Å². The molecule has 0 aromatic heterocycles. The molecule has 0 amide bonds. The molecule has 2 aliphatic rings. The van der Waals surface area contributed by atoms with Crippen molar-refractivity contribution in [1.82, 2.24) is 0 Å². The maximum Gasteiger partial charge on any atom is 0.303 e. The molecule has 1 aliphatic heterocycles. The molecule has 0 unspecified atom stereocenters. The molecule has 1 heterocycles. The number of methoxy groups -OCH3 is 1. The predicted molar refractivity (Wildman–Crippen MR) is 134 cm³/mol. The highest BCUT2D eigenvalue weighted by atomic mass is 16.7. The van der Waals surface area contributed by atoms with Crippen LogP contribution in [0.15, 0.2) is 24.3 Å². The molecule has 1 aromatic rings. The van der Waals surface area contributed by atoms with Gasteiger partial charge in [-0.25, -0.2) is 0 Å². The summed E-state index contributed by atoms with van der Waals surface area (Å²) in [4.78, 5) is 47.7. The van der Waals surface area contributed by atoms with E-state index in [-0.39, 0.29) is 6.61 Å². The molecule has 10 heteroatoms. The van der Waals surface area contributed by atoms with Gasteiger partial charge in [0, 0.05) is 34.8 Å². The molecule has 1 saturated carbocycles. The summed E-state index contributed by atoms with van der Waals surface area (Å²) >= 11 is 0. The van der Waals surface area contributed by atoms with Gasteiger partial charge >= 0.3 is 23.9 Å². The SMILES string of the molecule is COC1CCC(Cc2cccc([C@@H]3O[C@H](COC(C)=O)[C@@H](OC(C)=O)[C@H](OC(C)=O)[C@H]3OC(C)=O)c2)CC1. The van der Waals surface area contributed by atoms with Crippen molar-refractivity contribution in [1.29, 1.82) is 0 Å². The topological polar surface area (TPSA) is 124 Å². The van der Waals surface area contributed by atoms with Gasteiger partial charge in [0.1, 0.15) is 18.8 Å².